The van der Waals surface area contributed by atoms with E-state index < -0.39 is 5.82 Å². The highest BCUT2D eigenvalue weighted by Crippen LogP contribution is 2.14. The summed E-state index contributed by atoms with van der Waals surface area (Å²) >= 11 is 0. The predicted octanol–water partition coefficient (Wildman–Crippen LogP) is 1.35. The van der Waals surface area contributed by atoms with Crippen LogP contribution in [0.15, 0.2) is 34.9 Å². The maximum atomic E-state index is 13.1. The zero-order valence-corrected chi connectivity index (χ0v) is 12.8. The summed E-state index contributed by atoms with van der Waals surface area (Å²) < 4.78 is 23.6. The van der Waals surface area contributed by atoms with Crippen molar-refractivity contribution in [1.82, 2.24) is 15.2 Å². The van der Waals surface area contributed by atoms with E-state index in [0.29, 0.717) is 25.3 Å². The predicted molar refractivity (Wildman–Crippen MR) is 80.8 cm³/mol. The fourth-order valence-corrected chi connectivity index (χ4v) is 2.32. The maximum absolute atomic E-state index is 13.1. The first-order chi connectivity index (χ1) is 11.6. The minimum absolute atomic E-state index is 0.000812. The molecule has 0 saturated carbocycles. The molecule has 1 aliphatic heterocycles. The molecule has 1 aliphatic rings. The molecule has 2 heterocycles. The van der Waals surface area contributed by atoms with Crippen molar-refractivity contribution in [3.05, 3.63) is 47.9 Å². The van der Waals surface area contributed by atoms with Crippen LogP contribution in [0, 0.1) is 5.82 Å². The molecular formula is C16H16FN3O4. The summed E-state index contributed by atoms with van der Waals surface area (Å²) in [5, 5.41) is 2.70. The number of amides is 2. The van der Waals surface area contributed by atoms with Crippen LogP contribution in [0.3, 0.4) is 0 Å². The van der Waals surface area contributed by atoms with Crippen LogP contribution in [0.1, 0.15) is 22.8 Å². The lowest BCUT2D eigenvalue weighted by atomic mass is 10.3. The largest absolute Gasteiger partial charge is 0.484 e. The van der Waals surface area contributed by atoms with E-state index in [2.05, 4.69) is 10.3 Å². The van der Waals surface area contributed by atoms with Gasteiger partial charge >= 0.3 is 0 Å². The van der Waals surface area contributed by atoms with E-state index in [4.69, 9.17) is 9.15 Å². The summed E-state index contributed by atoms with van der Waals surface area (Å²) in [6.45, 7) is 0.992. The van der Waals surface area contributed by atoms with Crippen molar-refractivity contribution in [3.63, 3.8) is 0 Å². The van der Waals surface area contributed by atoms with E-state index in [0.717, 1.165) is 0 Å². The van der Waals surface area contributed by atoms with Gasteiger partial charge in [-0.3, -0.25) is 9.59 Å². The van der Waals surface area contributed by atoms with Crippen LogP contribution in [-0.4, -0.2) is 41.3 Å². The van der Waals surface area contributed by atoms with Crippen LogP contribution >= 0.6 is 0 Å². The fourth-order valence-electron chi connectivity index (χ4n) is 2.32. The topological polar surface area (TPSA) is 84.7 Å². The number of aromatic nitrogens is 1. The highest BCUT2D eigenvalue weighted by molar-refractivity contribution is 5.94. The first kappa shape index (κ1) is 16.0. The third-order valence-corrected chi connectivity index (χ3v) is 3.48. The van der Waals surface area contributed by atoms with Crippen LogP contribution in [0.25, 0.3) is 0 Å². The summed E-state index contributed by atoms with van der Waals surface area (Å²) in [7, 11) is 0. The molecule has 3 rings (SSSR count). The number of carbonyl (C=O) groups excluding carboxylic acids is 2. The smallest absolute Gasteiger partial charge is 0.276 e. The number of hydrogen-bond acceptors (Lipinski definition) is 5. The van der Waals surface area contributed by atoms with E-state index >= 15 is 0 Å². The van der Waals surface area contributed by atoms with Crippen LogP contribution in [0.2, 0.25) is 0 Å². The van der Waals surface area contributed by atoms with Crippen molar-refractivity contribution in [1.29, 1.82) is 0 Å². The molecule has 0 spiro atoms. The minimum atomic E-state index is -0.407. The van der Waals surface area contributed by atoms with Gasteiger partial charge in [0.25, 0.3) is 5.91 Å². The van der Waals surface area contributed by atoms with E-state index in [-0.39, 0.29) is 36.6 Å². The Labute approximate surface area is 137 Å². The molecule has 1 aromatic carbocycles. The summed E-state index contributed by atoms with van der Waals surface area (Å²) in [6, 6.07) is 5.68. The lowest BCUT2D eigenvalue weighted by molar-refractivity contribution is -0.121. The summed E-state index contributed by atoms with van der Waals surface area (Å²) in [5.74, 6) is -0.436. The van der Waals surface area contributed by atoms with Gasteiger partial charge in [0.15, 0.2) is 12.3 Å². The van der Waals surface area contributed by atoms with Crippen LogP contribution < -0.4 is 10.1 Å². The fraction of sp³-hybridized carbons (Fsp3) is 0.312. The highest BCUT2D eigenvalue weighted by atomic mass is 19.1. The first-order valence-electron chi connectivity index (χ1n) is 7.50. The zero-order chi connectivity index (χ0) is 16.9. The van der Waals surface area contributed by atoms with Gasteiger partial charge in [-0.15, -0.1) is 0 Å². The number of benzene rings is 1. The highest BCUT2D eigenvalue weighted by Gasteiger charge is 2.23. The molecule has 0 bridgehead atoms. The van der Waals surface area contributed by atoms with Crippen LogP contribution in [0.4, 0.5) is 4.39 Å². The molecule has 1 aromatic heterocycles. The first-order valence-corrected chi connectivity index (χ1v) is 7.50. The Morgan fingerprint density at radius 2 is 2.33 bits per heavy atom. The van der Waals surface area contributed by atoms with Crippen molar-refractivity contribution >= 4 is 11.8 Å². The molecule has 0 radical (unpaired) electrons. The third kappa shape index (κ3) is 3.89. The molecule has 1 saturated heterocycles. The van der Waals surface area contributed by atoms with Crippen LogP contribution in [0.5, 0.6) is 5.75 Å². The average molecular weight is 333 g/mol. The van der Waals surface area contributed by atoms with Crippen molar-refractivity contribution in [3.8, 4) is 5.75 Å². The van der Waals surface area contributed by atoms with Crippen molar-refractivity contribution in [2.24, 2.45) is 0 Å². The van der Waals surface area contributed by atoms with Gasteiger partial charge in [0, 0.05) is 19.2 Å². The van der Waals surface area contributed by atoms with Gasteiger partial charge in [-0.05, 0) is 18.6 Å². The normalized spacial score (nSPS) is 14.9. The monoisotopic (exact) mass is 333 g/mol. The number of ether oxygens (including phenoxy) is 1. The lowest BCUT2D eigenvalue weighted by Crippen LogP contribution is -2.37. The number of carbonyl (C=O) groups is 2. The molecule has 2 aromatic rings. The Morgan fingerprint density at radius 3 is 3.17 bits per heavy atom. The summed E-state index contributed by atoms with van der Waals surface area (Å²) in [5.41, 5.74) is 0.113. The Hall–Kier alpha value is -2.90. The molecule has 2 amide bonds. The summed E-state index contributed by atoms with van der Waals surface area (Å²) in [4.78, 5) is 29.4. The molecule has 7 nitrogen and oxygen atoms in total. The second-order valence-electron chi connectivity index (χ2n) is 5.30. The second-order valence-corrected chi connectivity index (χ2v) is 5.30. The van der Waals surface area contributed by atoms with Gasteiger partial charge in [-0.2, -0.15) is 0 Å². The van der Waals surface area contributed by atoms with Gasteiger partial charge in [0.2, 0.25) is 11.8 Å². The molecular weight excluding hydrogens is 317 g/mol. The zero-order valence-electron chi connectivity index (χ0n) is 12.8. The molecule has 126 valence electrons. The van der Waals surface area contributed by atoms with Crippen molar-refractivity contribution < 1.29 is 23.1 Å². The number of rotatable bonds is 4. The minimum Gasteiger partial charge on any atom is -0.484 e. The van der Waals surface area contributed by atoms with Crippen LogP contribution in [-0.2, 0) is 11.4 Å². The molecule has 8 heteroatoms. The van der Waals surface area contributed by atoms with Gasteiger partial charge in [0.05, 0.1) is 6.54 Å². The quantitative estimate of drug-likeness (QED) is 0.913. The van der Waals surface area contributed by atoms with Crippen molar-refractivity contribution in [2.45, 2.75) is 13.0 Å². The molecule has 0 unspecified atom stereocenters. The molecule has 1 fully saturated rings. The van der Waals surface area contributed by atoms with E-state index in [1.807, 2.05) is 0 Å². The van der Waals surface area contributed by atoms with E-state index in [1.165, 1.54) is 29.4 Å². The number of nitrogens with one attached hydrogen (secondary N) is 1. The number of hydrogen-bond donors (Lipinski definition) is 1. The van der Waals surface area contributed by atoms with Gasteiger partial charge in [-0.1, -0.05) is 6.07 Å². The SMILES string of the molecule is O=C1CN(C(=O)c2coc(COc3cccc(F)c3)n2)CCCN1. The molecule has 0 aliphatic carbocycles. The van der Waals surface area contributed by atoms with Crippen molar-refractivity contribution in [2.75, 3.05) is 19.6 Å². The second kappa shape index (κ2) is 7.12. The summed E-state index contributed by atoms with van der Waals surface area (Å²) in [6.07, 6.45) is 1.92. The number of nitrogens with zero attached hydrogens (tertiary/aromatic N) is 2. The average Bonchev–Trinajstić information content (AvgIpc) is 2.93. The Bertz CT molecular complexity index is 746. The van der Waals surface area contributed by atoms with Gasteiger partial charge in [-0.25, -0.2) is 9.37 Å². The molecule has 0 atom stereocenters. The molecule has 24 heavy (non-hydrogen) atoms. The molecule has 1 N–H and O–H groups in total. The number of oxazole rings is 1. The lowest BCUT2D eigenvalue weighted by Gasteiger charge is -2.16. The van der Waals surface area contributed by atoms with Gasteiger partial charge in [0.1, 0.15) is 17.8 Å². The van der Waals surface area contributed by atoms with E-state index in [1.54, 1.807) is 6.07 Å². The number of halogens is 1. The standard InChI is InChI=1S/C16H16FN3O4/c17-11-3-1-4-12(7-11)23-10-15-19-13(9-24-15)16(22)20-6-2-5-18-14(21)8-20/h1,3-4,7,9H,2,5-6,8,10H2,(H,18,21). The Kier molecular flexibility index (Phi) is 4.74. The van der Waals surface area contributed by atoms with E-state index in [9.17, 15) is 14.0 Å². The van der Waals surface area contributed by atoms with Gasteiger partial charge < -0.3 is 19.4 Å². The maximum Gasteiger partial charge on any atom is 0.276 e. The Balaban J connectivity index is 1.62. The third-order valence-electron chi connectivity index (χ3n) is 3.48. The Morgan fingerprint density at radius 1 is 1.46 bits per heavy atom.